The summed E-state index contributed by atoms with van der Waals surface area (Å²) in [5.41, 5.74) is 0.698. The quantitative estimate of drug-likeness (QED) is 0.842. The van der Waals surface area contributed by atoms with E-state index in [0.717, 1.165) is 0 Å². The van der Waals surface area contributed by atoms with Crippen molar-refractivity contribution in [1.29, 1.82) is 0 Å². The fraction of sp³-hybridized carbons (Fsp3) is 0.385. The van der Waals surface area contributed by atoms with Crippen LogP contribution in [0.4, 0.5) is 10.5 Å². The van der Waals surface area contributed by atoms with Crippen molar-refractivity contribution in [3.8, 4) is 0 Å². The SMILES string of the molecule is CCN(CC(C)C(=O)O)C(=O)Nc1ccccc1. The molecule has 1 unspecified atom stereocenters. The Bertz CT molecular complexity index is 406. The monoisotopic (exact) mass is 250 g/mol. The van der Waals surface area contributed by atoms with Gasteiger partial charge in [0, 0.05) is 18.8 Å². The first-order chi connectivity index (χ1) is 8.54. The molecule has 0 bridgehead atoms. The number of urea groups is 1. The number of hydrogen-bond acceptors (Lipinski definition) is 2. The van der Waals surface area contributed by atoms with Gasteiger partial charge in [0.1, 0.15) is 0 Å². The maximum Gasteiger partial charge on any atom is 0.321 e. The number of carboxylic acid groups (broad SMARTS) is 1. The first-order valence-corrected chi connectivity index (χ1v) is 5.88. The van der Waals surface area contributed by atoms with Crippen LogP contribution >= 0.6 is 0 Å². The highest BCUT2D eigenvalue weighted by atomic mass is 16.4. The number of anilines is 1. The molecule has 0 aromatic heterocycles. The second-order valence-corrected chi connectivity index (χ2v) is 4.07. The summed E-state index contributed by atoms with van der Waals surface area (Å²) in [6.45, 7) is 4.07. The smallest absolute Gasteiger partial charge is 0.321 e. The molecule has 0 heterocycles. The molecule has 0 fully saturated rings. The van der Waals surface area contributed by atoms with E-state index in [9.17, 15) is 9.59 Å². The van der Waals surface area contributed by atoms with Gasteiger partial charge in [-0.15, -0.1) is 0 Å². The van der Waals surface area contributed by atoms with Crippen LogP contribution in [0.2, 0.25) is 0 Å². The van der Waals surface area contributed by atoms with Gasteiger partial charge in [0.2, 0.25) is 0 Å². The van der Waals surface area contributed by atoms with Gasteiger partial charge in [0.25, 0.3) is 0 Å². The summed E-state index contributed by atoms with van der Waals surface area (Å²) in [4.78, 5) is 24.2. The lowest BCUT2D eigenvalue weighted by Crippen LogP contribution is -2.39. The lowest BCUT2D eigenvalue weighted by atomic mass is 10.2. The largest absolute Gasteiger partial charge is 0.481 e. The molecule has 1 atom stereocenters. The van der Waals surface area contributed by atoms with Crippen molar-refractivity contribution in [1.82, 2.24) is 4.90 Å². The summed E-state index contributed by atoms with van der Waals surface area (Å²) in [6, 6.07) is 8.80. The average molecular weight is 250 g/mol. The van der Waals surface area contributed by atoms with Crippen molar-refractivity contribution < 1.29 is 14.7 Å². The zero-order valence-corrected chi connectivity index (χ0v) is 10.6. The van der Waals surface area contributed by atoms with E-state index in [1.54, 1.807) is 19.1 Å². The number of rotatable bonds is 5. The van der Waals surface area contributed by atoms with E-state index >= 15 is 0 Å². The van der Waals surface area contributed by atoms with Gasteiger partial charge in [0.05, 0.1) is 5.92 Å². The Balaban J connectivity index is 2.60. The minimum atomic E-state index is -0.902. The van der Waals surface area contributed by atoms with Crippen LogP contribution in [0.15, 0.2) is 30.3 Å². The van der Waals surface area contributed by atoms with E-state index in [0.29, 0.717) is 12.2 Å². The van der Waals surface area contributed by atoms with Gasteiger partial charge in [0.15, 0.2) is 0 Å². The number of amides is 2. The standard InChI is InChI=1S/C13H18N2O3/c1-3-15(9-10(2)12(16)17)13(18)14-11-7-5-4-6-8-11/h4-8,10H,3,9H2,1-2H3,(H,14,18)(H,16,17). The molecule has 1 aromatic rings. The van der Waals surface area contributed by atoms with E-state index in [1.807, 2.05) is 25.1 Å². The maximum atomic E-state index is 11.9. The third-order valence-electron chi connectivity index (χ3n) is 2.61. The van der Waals surface area contributed by atoms with Gasteiger partial charge >= 0.3 is 12.0 Å². The van der Waals surface area contributed by atoms with Crippen LogP contribution in [0, 0.1) is 5.92 Å². The highest BCUT2D eigenvalue weighted by Crippen LogP contribution is 2.08. The first-order valence-electron chi connectivity index (χ1n) is 5.88. The summed E-state index contributed by atoms with van der Waals surface area (Å²) in [5, 5.41) is 11.6. The number of carboxylic acids is 1. The number of para-hydroxylation sites is 1. The van der Waals surface area contributed by atoms with E-state index in [1.165, 1.54) is 4.90 Å². The van der Waals surface area contributed by atoms with Gasteiger partial charge in [-0.05, 0) is 19.1 Å². The summed E-state index contributed by atoms with van der Waals surface area (Å²) in [5.74, 6) is -1.48. The van der Waals surface area contributed by atoms with Crippen LogP contribution in [0.5, 0.6) is 0 Å². The fourth-order valence-electron chi connectivity index (χ4n) is 1.49. The van der Waals surface area contributed by atoms with Crippen LogP contribution in [0.1, 0.15) is 13.8 Å². The molecule has 1 aromatic carbocycles. The van der Waals surface area contributed by atoms with Gasteiger partial charge < -0.3 is 15.3 Å². The summed E-state index contributed by atoms with van der Waals surface area (Å²) in [7, 11) is 0. The molecule has 1 rings (SSSR count). The van der Waals surface area contributed by atoms with Crippen molar-refractivity contribution in [2.24, 2.45) is 5.92 Å². The zero-order chi connectivity index (χ0) is 13.5. The number of nitrogens with zero attached hydrogens (tertiary/aromatic N) is 1. The lowest BCUT2D eigenvalue weighted by molar-refractivity contribution is -0.141. The molecule has 0 radical (unpaired) electrons. The molecule has 98 valence electrons. The topological polar surface area (TPSA) is 69.6 Å². The molecule has 18 heavy (non-hydrogen) atoms. The number of carbonyl (C=O) groups excluding carboxylic acids is 1. The fourth-order valence-corrected chi connectivity index (χ4v) is 1.49. The molecule has 5 heteroatoms. The molecule has 2 amide bonds. The Kier molecular flexibility index (Phi) is 5.17. The van der Waals surface area contributed by atoms with Crippen LogP contribution in [0.3, 0.4) is 0 Å². The highest BCUT2D eigenvalue weighted by molar-refractivity contribution is 5.89. The Morgan fingerprint density at radius 1 is 1.33 bits per heavy atom. The second-order valence-electron chi connectivity index (χ2n) is 4.07. The maximum absolute atomic E-state index is 11.9. The number of aliphatic carboxylic acids is 1. The number of hydrogen-bond donors (Lipinski definition) is 2. The van der Waals surface area contributed by atoms with Crippen LogP contribution < -0.4 is 5.32 Å². The van der Waals surface area contributed by atoms with E-state index in [2.05, 4.69) is 5.32 Å². The molecule has 0 saturated carbocycles. The average Bonchev–Trinajstić information content (AvgIpc) is 2.36. The summed E-state index contributed by atoms with van der Waals surface area (Å²) < 4.78 is 0. The third-order valence-corrected chi connectivity index (χ3v) is 2.61. The van der Waals surface area contributed by atoms with Crippen LogP contribution in [0.25, 0.3) is 0 Å². The predicted octanol–water partition coefficient (Wildman–Crippen LogP) is 2.26. The molecule has 0 aliphatic heterocycles. The Morgan fingerprint density at radius 3 is 2.44 bits per heavy atom. The van der Waals surface area contributed by atoms with E-state index < -0.39 is 11.9 Å². The lowest BCUT2D eigenvalue weighted by Gasteiger charge is -2.23. The van der Waals surface area contributed by atoms with Crippen molar-refractivity contribution in [2.45, 2.75) is 13.8 Å². The van der Waals surface area contributed by atoms with Gasteiger partial charge in [-0.2, -0.15) is 0 Å². The molecule has 0 spiro atoms. The molecule has 0 aliphatic rings. The first kappa shape index (κ1) is 14.0. The second kappa shape index (κ2) is 6.64. The third kappa shape index (κ3) is 4.08. The van der Waals surface area contributed by atoms with Gasteiger partial charge in [-0.25, -0.2) is 4.79 Å². The summed E-state index contributed by atoms with van der Waals surface area (Å²) >= 11 is 0. The normalized spacial score (nSPS) is 11.7. The molecular weight excluding hydrogens is 232 g/mol. The molecule has 2 N–H and O–H groups in total. The molecular formula is C13H18N2O3. The predicted molar refractivity (Wildman–Crippen MR) is 69.5 cm³/mol. The molecule has 0 aliphatic carbocycles. The van der Waals surface area contributed by atoms with E-state index in [-0.39, 0.29) is 12.6 Å². The zero-order valence-electron chi connectivity index (χ0n) is 10.6. The Morgan fingerprint density at radius 2 is 1.94 bits per heavy atom. The van der Waals surface area contributed by atoms with Crippen molar-refractivity contribution in [3.63, 3.8) is 0 Å². The van der Waals surface area contributed by atoms with Crippen molar-refractivity contribution in [3.05, 3.63) is 30.3 Å². The molecule has 5 nitrogen and oxygen atoms in total. The summed E-state index contributed by atoms with van der Waals surface area (Å²) in [6.07, 6.45) is 0. The Hall–Kier alpha value is -2.04. The number of benzene rings is 1. The highest BCUT2D eigenvalue weighted by Gasteiger charge is 2.19. The molecule has 0 saturated heterocycles. The van der Waals surface area contributed by atoms with E-state index in [4.69, 9.17) is 5.11 Å². The van der Waals surface area contributed by atoms with Crippen molar-refractivity contribution >= 4 is 17.7 Å². The van der Waals surface area contributed by atoms with Crippen LogP contribution in [-0.2, 0) is 4.79 Å². The number of carbonyl (C=O) groups is 2. The van der Waals surface area contributed by atoms with Crippen molar-refractivity contribution in [2.75, 3.05) is 18.4 Å². The minimum Gasteiger partial charge on any atom is -0.481 e. The van der Waals surface area contributed by atoms with Crippen LogP contribution in [-0.4, -0.2) is 35.1 Å². The van der Waals surface area contributed by atoms with Gasteiger partial charge in [-0.1, -0.05) is 25.1 Å². The Labute approximate surface area is 106 Å². The minimum absolute atomic E-state index is 0.199. The van der Waals surface area contributed by atoms with Gasteiger partial charge in [-0.3, -0.25) is 4.79 Å². The number of nitrogens with one attached hydrogen (secondary N) is 1.